The summed E-state index contributed by atoms with van der Waals surface area (Å²) in [5, 5.41) is 3.31. The first-order chi connectivity index (χ1) is 14.9. The lowest BCUT2D eigenvalue weighted by Gasteiger charge is -2.36. The average molecular weight is 460 g/mol. The molecule has 0 radical (unpaired) electrons. The summed E-state index contributed by atoms with van der Waals surface area (Å²) in [4.78, 5) is 14.7. The topological polar surface area (TPSA) is 82.9 Å². The molecule has 1 aliphatic rings. The molecule has 162 valence electrons. The van der Waals surface area contributed by atoms with Crippen molar-refractivity contribution in [1.82, 2.24) is 4.31 Å². The summed E-state index contributed by atoms with van der Waals surface area (Å²) in [6.45, 7) is 3.43. The van der Waals surface area contributed by atoms with E-state index in [2.05, 4.69) is 5.32 Å². The Bertz CT molecular complexity index is 1170. The number of furan rings is 1. The normalized spacial score (nSPS) is 15.1. The molecule has 1 fully saturated rings. The molecule has 3 aromatic rings. The van der Waals surface area contributed by atoms with Crippen LogP contribution in [-0.2, 0) is 10.0 Å². The Labute approximate surface area is 186 Å². The molecular weight excluding hydrogens is 438 g/mol. The molecule has 0 unspecified atom stereocenters. The molecule has 0 aliphatic carbocycles. The fourth-order valence-corrected chi connectivity index (χ4v) is 5.26. The number of carbonyl (C=O) groups excluding carboxylic acids is 1. The Morgan fingerprint density at radius 2 is 1.71 bits per heavy atom. The van der Waals surface area contributed by atoms with E-state index in [0.29, 0.717) is 42.6 Å². The van der Waals surface area contributed by atoms with Crippen LogP contribution in [0.5, 0.6) is 0 Å². The molecule has 1 aromatic heterocycles. The summed E-state index contributed by atoms with van der Waals surface area (Å²) in [6, 6.07) is 15.3. The molecule has 1 N–H and O–H groups in total. The van der Waals surface area contributed by atoms with Crippen molar-refractivity contribution in [2.45, 2.75) is 11.8 Å². The zero-order chi connectivity index (χ0) is 22.0. The van der Waals surface area contributed by atoms with Crippen molar-refractivity contribution in [3.63, 3.8) is 0 Å². The minimum atomic E-state index is -3.56. The van der Waals surface area contributed by atoms with Crippen molar-refractivity contribution in [3.8, 4) is 0 Å². The minimum absolute atomic E-state index is 0.194. The molecule has 31 heavy (non-hydrogen) atoms. The SMILES string of the molecule is Cc1ccc(S(=O)(=O)N2CCN(c3c(Cl)cccc3NC(=O)c3ccco3)CC2)cc1. The van der Waals surface area contributed by atoms with Crippen LogP contribution in [0.25, 0.3) is 0 Å². The predicted octanol–water partition coefficient (Wildman–Crippen LogP) is 4.00. The fourth-order valence-electron chi connectivity index (χ4n) is 3.54. The molecule has 1 saturated heterocycles. The van der Waals surface area contributed by atoms with Gasteiger partial charge in [0.1, 0.15) is 0 Å². The number of amides is 1. The van der Waals surface area contributed by atoms with Crippen LogP contribution in [-0.4, -0.2) is 44.8 Å². The Morgan fingerprint density at radius 3 is 2.35 bits per heavy atom. The quantitative estimate of drug-likeness (QED) is 0.623. The number of aryl methyl sites for hydroxylation is 1. The molecule has 1 amide bonds. The predicted molar refractivity (Wildman–Crippen MR) is 120 cm³/mol. The highest BCUT2D eigenvalue weighted by Crippen LogP contribution is 2.35. The van der Waals surface area contributed by atoms with Crippen molar-refractivity contribution >= 4 is 38.9 Å². The second-order valence-electron chi connectivity index (χ2n) is 7.27. The number of anilines is 2. The van der Waals surface area contributed by atoms with Crippen molar-refractivity contribution in [2.75, 3.05) is 36.4 Å². The van der Waals surface area contributed by atoms with Crippen LogP contribution in [0.15, 0.2) is 70.2 Å². The second kappa shape index (κ2) is 8.74. The molecule has 1 aliphatic heterocycles. The number of halogens is 1. The smallest absolute Gasteiger partial charge is 0.291 e. The number of nitrogens with zero attached hydrogens (tertiary/aromatic N) is 2. The average Bonchev–Trinajstić information content (AvgIpc) is 3.30. The summed E-state index contributed by atoms with van der Waals surface area (Å²) >= 11 is 6.46. The van der Waals surface area contributed by atoms with E-state index in [1.165, 1.54) is 10.6 Å². The maximum absolute atomic E-state index is 13.0. The van der Waals surface area contributed by atoms with Crippen molar-refractivity contribution < 1.29 is 17.6 Å². The van der Waals surface area contributed by atoms with Crippen LogP contribution < -0.4 is 10.2 Å². The zero-order valence-electron chi connectivity index (χ0n) is 16.9. The maximum Gasteiger partial charge on any atom is 0.291 e. The number of hydrogen-bond acceptors (Lipinski definition) is 5. The molecule has 0 bridgehead atoms. The molecule has 9 heteroatoms. The van der Waals surface area contributed by atoms with Crippen LogP contribution >= 0.6 is 11.6 Å². The van der Waals surface area contributed by atoms with Gasteiger partial charge in [0.2, 0.25) is 10.0 Å². The first kappa shape index (κ1) is 21.4. The minimum Gasteiger partial charge on any atom is -0.459 e. The van der Waals surface area contributed by atoms with Crippen LogP contribution in [0.3, 0.4) is 0 Å². The maximum atomic E-state index is 13.0. The molecule has 0 spiro atoms. The molecule has 4 rings (SSSR count). The van der Waals surface area contributed by atoms with Gasteiger partial charge in [-0.25, -0.2) is 8.42 Å². The highest BCUT2D eigenvalue weighted by atomic mass is 35.5. The van der Waals surface area contributed by atoms with Crippen LogP contribution in [0, 0.1) is 6.92 Å². The molecular formula is C22H22ClN3O4S. The van der Waals surface area contributed by atoms with E-state index in [9.17, 15) is 13.2 Å². The standard InChI is InChI=1S/C22H22ClN3O4S/c1-16-7-9-17(10-8-16)31(28,29)26-13-11-25(12-14-26)21-18(23)4-2-5-19(21)24-22(27)20-6-3-15-30-20/h2-10,15H,11-14H2,1H3,(H,24,27). The third-order valence-corrected chi connectivity index (χ3v) is 7.41. The lowest BCUT2D eigenvalue weighted by molar-refractivity contribution is 0.0996. The second-order valence-corrected chi connectivity index (χ2v) is 9.62. The highest BCUT2D eigenvalue weighted by Gasteiger charge is 2.30. The van der Waals surface area contributed by atoms with Gasteiger partial charge in [-0.1, -0.05) is 35.4 Å². The Balaban J connectivity index is 1.51. The van der Waals surface area contributed by atoms with Crippen molar-refractivity contribution in [3.05, 3.63) is 77.2 Å². The van der Waals surface area contributed by atoms with Gasteiger partial charge in [-0.3, -0.25) is 4.79 Å². The number of rotatable bonds is 5. The highest BCUT2D eigenvalue weighted by molar-refractivity contribution is 7.89. The molecule has 2 heterocycles. The Hall–Kier alpha value is -2.81. The van der Waals surface area contributed by atoms with Crippen molar-refractivity contribution in [2.24, 2.45) is 0 Å². The van der Waals surface area contributed by atoms with Gasteiger partial charge in [-0.2, -0.15) is 4.31 Å². The van der Waals surface area contributed by atoms with E-state index in [4.69, 9.17) is 16.0 Å². The largest absolute Gasteiger partial charge is 0.459 e. The number of nitrogens with one attached hydrogen (secondary N) is 1. The monoisotopic (exact) mass is 459 g/mol. The first-order valence-electron chi connectivity index (χ1n) is 9.81. The number of hydrogen-bond donors (Lipinski definition) is 1. The van der Waals surface area contributed by atoms with Gasteiger partial charge in [-0.15, -0.1) is 0 Å². The van der Waals surface area contributed by atoms with Gasteiger partial charge < -0.3 is 14.6 Å². The molecule has 0 atom stereocenters. The first-order valence-corrected chi connectivity index (χ1v) is 11.6. The number of benzene rings is 2. The Kier molecular flexibility index (Phi) is 6.04. The van der Waals surface area contributed by atoms with Crippen molar-refractivity contribution in [1.29, 1.82) is 0 Å². The Morgan fingerprint density at radius 1 is 1.00 bits per heavy atom. The summed E-state index contributed by atoms with van der Waals surface area (Å²) in [6.07, 6.45) is 1.43. The van der Waals surface area contributed by atoms with Crippen LogP contribution in [0.2, 0.25) is 5.02 Å². The number of carbonyl (C=O) groups is 1. The van der Waals surface area contributed by atoms with Gasteiger partial charge in [0.25, 0.3) is 5.91 Å². The van der Waals surface area contributed by atoms with E-state index < -0.39 is 10.0 Å². The third-order valence-electron chi connectivity index (χ3n) is 5.19. The molecule has 7 nitrogen and oxygen atoms in total. The molecule has 0 saturated carbocycles. The van der Waals surface area contributed by atoms with Gasteiger partial charge >= 0.3 is 0 Å². The number of sulfonamides is 1. The van der Waals surface area contributed by atoms with E-state index in [1.807, 2.05) is 11.8 Å². The zero-order valence-corrected chi connectivity index (χ0v) is 18.5. The van der Waals surface area contributed by atoms with Gasteiger partial charge in [0, 0.05) is 26.2 Å². The summed E-state index contributed by atoms with van der Waals surface area (Å²) in [5.41, 5.74) is 2.21. The van der Waals surface area contributed by atoms with E-state index >= 15 is 0 Å². The van der Waals surface area contributed by atoms with E-state index in [1.54, 1.807) is 54.6 Å². The van der Waals surface area contributed by atoms with Crippen LogP contribution in [0.4, 0.5) is 11.4 Å². The van der Waals surface area contributed by atoms with Gasteiger partial charge in [-0.05, 0) is 43.3 Å². The van der Waals surface area contributed by atoms with E-state index in [0.717, 1.165) is 5.56 Å². The summed E-state index contributed by atoms with van der Waals surface area (Å²) in [5.74, 6) is -0.186. The lowest BCUT2D eigenvalue weighted by atomic mass is 10.2. The number of para-hydroxylation sites is 1. The van der Waals surface area contributed by atoms with Gasteiger partial charge in [0.15, 0.2) is 5.76 Å². The van der Waals surface area contributed by atoms with E-state index in [-0.39, 0.29) is 16.6 Å². The van der Waals surface area contributed by atoms with Gasteiger partial charge in [0.05, 0.1) is 27.6 Å². The molecule has 2 aromatic carbocycles. The van der Waals surface area contributed by atoms with Crippen LogP contribution in [0.1, 0.15) is 16.1 Å². The lowest BCUT2D eigenvalue weighted by Crippen LogP contribution is -2.49. The fraction of sp³-hybridized carbons (Fsp3) is 0.227. The summed E-state index contributed by atoms with van der Waals surface area (Å²) in [7, 11) is -3.56. The third kappa shape index (κ3) is 4.46. The summed E-state index contributed by atoms with van der Waals surface area (Å²) < 4.78 is 32.6. The number of piperazine rings is 1.